The molecule has 11 nitrogen and oxygen atoms in total. The zero-order valence-electron chi connectivity index (χ0n) is 28.0. The van der Waals surface area contributed by atoms with Gasteiger partial charge in [-0.25, -0.2) is 19.2 Å². The fourth-order valence-corrected chi connectivity index (χ4v) is 10.8. The van der Waals surface area contributed by atoms with Gasteiger partial charge in [0.05, 0.1) is 52.3 Å². The largest absolute Gasteiger partial charge is 0.497 e. The Kier molecular flexibility index (Phi) is 10.1. The van der Waals surface area contributed by atoms with E-state index in [0.29, 0.717) is 27.5 Å². The molecule has 256 valence electrons. The Bertz CT molecular complexity index is 1880. The van der Waals surface area contributed by atoms with Crippen LogP contribution in [0.4, 0.5) is 5.69 Å². The number of carbonyl (C=O) groups is 5. The second kappa shape index (κ2) is 13.8. The van der Waals surface area contributed by atoms with Gasteiger partial charge in [-0.05, 0) is 56.7 Å². The van der Waals surface area contributed by atoms with Gasteiger partial charge in [-0.15, -0.1) is 0 Å². The van der Waals surface area contributed by atoms with Gasteiger partial charge in [-0.2, -0.15) is 0 Å². The number of amides is 1. The van der Waals surface area contributed by atoms with E-state index in [1.807, 2.05) is 51.1 Å². The summed E-state index contributed by atoms with van der Waals surface area (Å²) in [6.07, 6.45) is 3.16. The average Bonchev–Trinajstić information content (AvgIpc) is 3.49. The molecule has 2 aromatic carbocycles. The molecule has 3 aliphatic rings. The summed E-state index contributed by atoms with van der Waals surface area (Å²) in [5, 5.41) is 0. The highest BCUT2D eigenvalue weighted by Crippen LogP contribution is 2.71. The van der Waals surface area contributed by atoms with E-state index < -0.39 is 33.5 Å². The van der Waals surface area contributed by atoms with Crippen LogP contribution < -0.4 is 9.64 Å². The quantitative estimate of drug-likeness (QED) is 0.199. The minimum atomic E-state index is -1.65. The van der Waals surface area contributed by atoms with Gasteiger partial charge in [0.25, 0.3) is 5.91 Å². The van der Waals surface area contributed by atoms with Crippen LogP contribution in [-0.2, 0) is 42.9 Å². The molecule has 14 heteroatoms. The first-order chi connectivity index (χ1) is 23.3. The SMILES string of the molecule is COC(=O)C1=C(C(=O)OC)SC2(S1)C(C(=O)OC)=C(C(=O)OC)SC1=C2c2cc(C)ccc2N(C(=O)C=Cc2ccc(OC)cc2)C1(C)C. The van der Waals surface area contributed by atoms with Crippen LogP contribution >= 0.6 is 35.3 Å². The maximum absolute atomic E-state index is 14.3. The number of methoxy groups -OCH3 is 5. The van der Waals surface area contributed by atoms with Gasteiger partial charge in [0.1, 0.15) is 24.5 Å². The summed E-state index contributed by atoms with van der Waals surface area (Å²) < 4.78 is 24.1. The Labute approximate surface area is 296 Å². The van der Waals surface area contributed by atoms with Crippen molar-refractivity contribution in [2.24, 2.45) is 0 Å². The zero-order valence-corrected chi connectivity index (χ0v) is 30.4. The molecule has 0 bridgehead atoms. The standard InChI is InChI=1S/C35H33NO10S3/c1-18-9-15-22-21(17-18)24-29(34(2,3)36(22)23(37)16-12-19-10-13-20(42-4)14-11-19)47-26(31(39)44-6)25(30(38)43-5)35(24)48-27(32(40)45-7)28(49-35)33(41)46-8/h9-17H,1-8H3. The molecule has 0 atom stereocenters. The Balaban J connectivity index is 1.80. The monoisotopic (exact) mass is 723 g/mol. The lowest BCUT2D eigenvalue weighted by molar-refractivity contribution is -0.138. The number of rotatable bonds is 7. The third kappa shape index (κ3) is 6.06. The molecular formula is C35H33NO10S3. The maximum atomic E-state index is 14.3. The van der Waals surface area contributed by atoms with Crippen molar-refractivity contribution < 1.29 is 47.7 Å². The smallest absolute Gasteiger partial charge is 0.345 e. The van der Waals surface area contributed by atoms with E-state index in [-0.39, 0.29) is 26.2 Å². The first kappa shape index (κ1) is 35.9. The molecular weight excluding hydrogens is 691 g/mol. The Morgan fingerprint density at radius 3 is 1.82 bits per heavy atom. The van der Waals surface area contributed by atoms with Crippen molar-refractivity contribution in [3.63, 3.8) is 0 Å². The van der Waals surface area contributed by atoms with Gasteiger partial charge >= 0.3 is 23.9 Å². The van der Waals surface area contributed by atoms with E-state index in [2.05, 4.69) is 0 Å². The lowest BCUT2D eigenvalue weighted by Crippen LogP contribution is -2.53. The van der Waals surface area contributed by atoms with Crippen LogP contribution in [0, 0.1) is 6.92 Å². The van der Waals surface area contributed by atoms with Gasteiger partial charge < -0.3 is 23.7 Å². The molecule has 5 rings (SSSR count). The number of fused-ring (bicyclic) bond motifs is 3. The van der Waals surface area contributed by atoms with Gasteiger partial charge in [0.2, 0.25) is 0 Å². The molecule has 3 heterocycles. The molecule has 0 saturated heterocycles. The van der Waals surface area contributed by atoms with Crippen LogP contribution in [0.2, 0.25) is 0 Å². The van der Waals surface area contributed by atoms with Crippen molar-refractivity contribution in [1.29, 1.82) is 0 Å². The molecule has 0 aromatic heterocycles. The molecule has 3 aliphatic heterocycles. The molecule has 0 aliphatic carbocycles. The van der Waals surface area contributed by atoms with E-state index in [1.54, 1.807) is 30.2 Å². The third-order valence-electron chi connectivity index (χ3n) is 8.05. The first-order valence-corrected chi connectivity index (χ1v) is 17.1. The summed E-state index contributed by atoms with van der Waals surface area (Å²) in [5.74, 6) is -3.06. The number of benzene rings is 2. The van der Waals surface area contributed by atoms with Crippen molar-refractivity contribution in [3.05, 3.63) is 90.4 Å². The molecule has 2 aromatic rings. The Morgan fingerprint density at radius 1 is 0.735 bits per heavy atom. The Hall–Kier alpha value is -4.40. The van der Waals surface area contributed by atoms with Crippen LogP contribution in [0.15, 0.2) is 73.7 Å². The third-order valence-corrected chi connectivity index (χ3v) is 12.7. The molecule has 0 radical (unpaired) electrons. The van der Waals surface area contributed by atoms with Gasteiger partial charge in [0, 0.05) is 22.1 Å². The predicted octanol–water partition coefficient (Wildman–Crippen LogP) is 5.63. The van der Waals surface area contributed by atoms with E-state index in [9.17, 15) is 24.0 Å². The van der Waals surface area contributed by atoms with E-state index in [1.165, 1.54) is 34.5 Å². The summed E-state index contributed by atoms with van der Waals surface area (Å²) in [6, 6.07) is 12.8. The first-order valence-electron chi connectivity index (χ1n) is 14.7. The molecule has 1 spiro atoms. The summed E-state index contributed by atoms with van der Waals surface area (Å²) >= 11 is 2.74. The highest BCUT2D eigenvalue weighted by atomic mass is 32.2. The van der Waals surface area contributed by atoms with E-state index in [0.717, 1.165) is 46.4 Å². The van der Waals surface area contributed by atoms with Crippen molar-refractivity contribution >= 4 is 82.4 Å². The van der Waals surface area contributed by atoms with Gasteiger partial charge in [0.15, 0.2) is 0 Å². The van der Waals surface area contributed by atoms with Crippen LogP contribution in [0.5, 0.6) is 5.75 Å². The number of esters is 4. The lowest BCUT2D eigenvalue weighted by atomic mass is 9.83. The van der Waals surface area contributed by atoms with Crippen molar-refractivity contribution in [2.45, 2.75) is 30.4 Å². The zero-order chi connectivity index (χ0) is 35.8. The number of nitrogens with zero attached hydrogens (tertiary/aromatic N) is 1. The van der Waals surface area contributed by atoms with E-state index in [4.69, 9.17) is 23.7 Å². The second-order valence-corrected chi connectivity index (χ2v) is 15.0. The number of anilines is 1. The van der Waals surface area contributed by atoms with Crippen molar-refractivity contribution in [2.75, 3.05) is 40.4 Å². The highest BCUT2D eigenvalue weighted by molar-refractivity contribution is 8.26. The van der Waals surface area contributed by atoms with Gasteiger partial charge in [-0.3, -0.25) is 9.69 Å². The lowest BCUT2D eigenvalue weighted by Gasteiger charge is -2.50. The molecule has 0 saturated carbocycles. The predicted molar refractivity (Wildman–Crippen MR) is 189 cm³/mol. The van der Waals surface area contributed by atoms with Crippen LogP contribution in [0.25, 0.3) is 11.6 Å². The second-order valence-electron chi connectivity index (χ2n) is 11.3. The topological polar surface area (TPSA) is 135 Å². The number of carbonyl (C=O) groups excluding carboxylic acids is 5. The van der Waals surface area contributed by atoms with E-state index >= 15 is 0 Å². The maximum Gasteiger partial charge on any atom is 0.345 e. The summed E-state index contributed by atoms with van der Waals surface area (Å²) in [6.45, 7) is 5.52. The van der Waals surface area contributed by atoms with Crippen LogP contribution in [0.3, 0.4) is 0 Å². The number of aryl methyl sites for hydroxylation is 1. The van der Waals surface area contributed by atoms with Crippen LogP contribution in [-0.4, -0.2) is 75.0 Å². The number of hydrogen-bond acceptors (Lipinski definition) is 13. The fraction of sp³-hybridized carbons (Fsp3) is 0.286. The number of thioether (sulfide) groups is 3. The fourth-order valence-electron chi connectivity index (χ4n) is 5.78. The highest BCUT2D eigenvalue weighted by Gasteiger charge is 2.61. The number of hydrogen-bond donors (Lipinski definition) is 0. The summed E-state index contributed by atoms with van der Waals surface area (Å²) in [7, 11) is 6.26. The minimum absolute atomic E-state index is 0.114. The summed E-state index contributed by atoms with van der Waals surface area (Å²) in [4.78, 5) is 69.8. The molecule has 0 unspecified atom stereocenters. The minimum Gasteiger partial charge on any atom is -0.497 e. The normalized spacial score (nSPS) is 17.5. The Morgan fingerprint density at radius 2 is 1.29 bits per heavy atom. The summed E-state index contributed by atoms with van der Waals surface area (Å²) in [5.41, 5.74) is 1.88. The van der Waals surface area contributed by atoms with Gasteiger partial charge in [-0.1, -0.05) is 59.0 Å². The van der Waals surface area contributed by atoms with Crippen molar-refractivity contribution in [3.8, 4) is 5.75 Å². The molecule has 0 N–H and O–H groups in total. The molecule has 1 amide bonds. The number of ether oxygens (including phenoxy) is 5. The average molecular weight is 724 g/mol. The van der Waals surface area contributed by atoms with Crippen LogP contribution in [0.1, 0.15) is 30.5 Å². The molecule has 0 fully saturated rings. The van der Waals surface area contributed by atoms with Crippen molar-refractivity contribution in [1.82, 2.24) is 0 Å². The molecule has 49 heavy (non-hydrogen) atoms.